The monoisotopic (exact) mass is 356 g/mol. The van der Waals surface area contributed by atoms with Crippen molar-refractivity contribution in [3.63, 3.8) is 0 Å². The number of rotatable bonds is 4. The molecule has 0 atom stereocenters. The number of para-hydroxylation sites is 2. The molecule has 0 aliphatic carbocycles. The zero-order chi connectivity index (χ0) is 16.7. The molecule has 0 saturated carbocycles. The topological polar surface area (TPSA) is 105 Å². The van der Waals surface area contributed by atoms with Crippen molar-refractivity contribution in [1.82, 2.24) is 0 Å². The van der Waals surface area contributed by atoms with Crippen LogP contribution >= 0.6 is 10.3 Å². The molecular weight excluding hydrogens is 344 g/mol. The molecule has 0 bridgehead atoms. The summed E-state index contributed by atoms with van der Waals surface area (Å²) < 4.78 is 44.9. The van der Waals surface area contributed by atoms with Crippen molar-refractivity contribution in [1.29, 1.82) is 0 Å². The number of carbonyl (C=O) groups is 1. The minimum absolute atomic E-state index is 0.223. The highest BCUT2D eigenvalue weighted by atomic mass is 35.7. The molecule has 0 amide bonds. The maximum Gasteiger partial charge on any atom is 0.142 e. The molecule has 1 aliphatic heterocycles. The summed E-state index contributed by atoms with van der Waals surface area (Å²) in [4.78, 5) is 12.6. The SMILES string of the molecule is CC(=O)CS1(O[Cl+3]([O-])([O-])[O-])c2ccccc2Oc2ccccc21. The van der Waals surface area contributed by atoms with Gasteiger partial charge in [-0.2, -0.15) is 14.0 Å². The van der Waals surface area contributed by atoms with Crippen LogP contribution in [0.5, 0.6) is 11.5 Å². The van der Waals surface area contributed by atoms with Crippen molar-refractivity contribution in [3.05, 3.63) is 48.5 Å². The molecular formula is C15H13ClO6S. The van der Waals surface area contributed by atoms with Gasteiger partial charge < -0.3 is 4.74 Å². The molecule has 2 aromatic rings. The maximum absolute atomic E-state index is 11.8. The fourth-order valence-electron chi connectivity index (χ4n) is 2.51. The van der Waals surface area contributed by atoms with E-state index in [1.165, 1.54) is 6.92 Å². The highest BCUT2D eigenvalue weighted by molar-refractivity contribution is 8.30. The van der Waals surface area contributed by atoms with E-state index in [0.717, 1.165) is 0 Å². The van der Waals surface area contributed by atoms with Crippen LogP contribution in [0.1, 0.15) is 6.92 Å². The first-order valence-corrected chi connectivity index (χ1v) is 9.56. The number of hydrogen-bond donors (Lipinski definition) is 0. The molecule has 23 heavy (non-hydrogen) atoms. The molecule has 6 nitrogen and oxygen atoms in total. The van der Waals surface area contributed by atoms with Crippen molar-refractivity contribution < 1.29 is 37.5 Å². The van der Waals surface area contributed by atoms with Crippen LogP contribution < -0.4 is 18.7 Å². The fourth-order valence-corrected chi connectivity index (χ4v) is 6.88. The summed E-state index contributed by atoms with van der Waals surface area (Å²) in [5.41, 5.74) is 0. The second-order valence-corrected chi connectivity index (χ2v) is 8.74. The summed E-state index contributed by atoms with van der Waals surface area (Å²) in [6, 6.07) is 13.3. The Morgan fingerprint density at radius 3 is 1.96 bits per heavy atom. The van der Waals surface area contributed by atoms with Crippen LogP contribution in [0.4, 0.5) is 0 Å². The lowest BCUT2D eigenvalue weighted by Gasteiger charge is -2.38. The zero-order valence-electron chi connectivity index (χ0n) is 12.1. The van der Waals surface area contributed by atoms with Crippen LogP contribution in [0.15, 0.2) is 58.3 Å². The van der Waals surface area contributed by atoms with E-state index >= 15 is 0 Å². The van der Waals surface area contributed by atoms with Crippen LogP contribution in [0.25, 0.3) is 0 Å². The minimum atomic E-state index is -4.73. The summed E-state index contributed by atoms with van der Waals surface area (Å²) in [6.07, 6.45) is 0. The lowest BCUT2D eigenvalue weighted by atomic mass is 10.3. The molecule has 0 spiro atoms. The molecule has 0 N–H and O–H groups in total. The van der Waals surface area contributed by atoms with E-state index in [1.807, 2.05) is 0 Å². The molecule has 0 fully saturated rings. The van der Waals surface area contributed by atoms with Crippen LogP contribution in [-0.4, -0.2) is 11.5 Å². The van der Waals surface area contributed by atoms with Gasteiger partial charge in [-0.15, -0.1) is 0 Å². The van der Waals surface area contributed by atoms with E-state index in [9.17, 15) is 18.8 Å². The first-order chi connectivity index (χ1) is 10.8. The van der Waals surface area contributed by atoms with Gasteiger partial charge in [0.15, 0.2) is 0 Å². The Labute approximate surface area is 136 Å². The van der Waals surface area contributed by atoms with Gasteiger partial charge in [0, 0.05) is 0 Å². The Bertz CT molecular complexity index is 712. The van der Waals surface area contributed by atoms with Crippen molar-refractivity contribution in [2.75, 3.05) is 5.75 Å². The van der Waals surface area contributed by atoms with Gasteiger partial charge in [0.25, 0.3) is 0 Å². The zero-order valence-corrected chi connectivity index (χ0v) is 13.6. The second kappa shape index (κ2) is 5.79. The van der Waals surface area contributed by atoms with Gasteiger partial charge in [-0.25, -0.2) is 0 Å². The molecule has 8 heteroatoms. The molecule has 0 radical (unpaired) electrons. The van der Waals surface area contributed by atoms with E-state index in [4.69, 9.17) is 8.47 Å². The Balaban J connectivity index is 2.29. The van der Waals surface area contributed by atoms with Gasteiger partial charge in [0.1, 0.15) is 21.0 Å². The van der Waals surface area contributed by atoms with Gasteiger partial charge in [-0.1, -0.05) is 24.3 Å². The smallest absolute Gasteiger partial charge is 0.142 e. The summed E-state index contributed by atoms with van der Waals surface area (Å²) >= 11 is 0. The van der Waals surface area contributed by atoms with E-state index < -0.39 is 20.6 Å². The largest absolute Gasteiger partial charge is 0.455 e. The Kier molecular flexibility index (Phi) is 4.09. The molecule has 0 unspecified atom stereocenters. The summed E-state index contributed by atoms with van der Waals surface area (Å²) in [6.45, 7) is 1.33. The summed E-state index contributed by atoms with van der Waals surface area (Å²) in [7, 11) is -7.59. The van der Waals surface area contributed by atoms with Crippen LogP contribution in [0, 0.1) is 10.2 Å². The van der Waals surface area contributed by atoms with Gasteiger partial charge >= 0.3 is 0 Å². The normalized spacial score (nSPS) is 16.7. The number of ether oxygens (including phenoxy) is 1. The van der Waals surface area contributed by atoms with Gasteiger partial charge in [-0.3, -0.25) is 4.79 Å². The van der Waals surface area contributed by atoms with E-state index in [1.54, 1.807) is 48.5 Å². The number of Topliss-reactive ketones (excluding diaryl/α,β-unsaturated/α-hetero) is 1. The number of halogens is 1. The number of fused-ring (bicyclic) bond motifs is 2. The van der Waals surface area contributed by atoms with Crippen LogP contribution in [0.2, 0.25) is 0 Å². The molecule has 0 saturated heterocycles. The maximum atomic E-state index is 11.8. The highest BCUT2D eigenvalue weighted by Gasteiger charge is 2.50. The highest BCUT2D eigenvalue weighted by Crippen LogP contribution is 2.71. The Morgan fingerprint density at radius 2 is 1.52 bits per heavy atom. The third kappa shape index (κ3) is 3.07. The van der Waals surface area contributed by atoms with E-state index in [2.05, 4.69) is 0 Å². The van der Waals surface area contributed by atoms with Crippen molar-refractivity contribution in [2.45, 2.75) is 16.7 Å². The Hall–Kier alpha value is -1.61. The molecule has 0 aromatic heterocycles. The average molecular weight is 357 g/mol. The molecule has 1 aliphatic rings. The summed E-state index contributed by atoms with van der Waals surface area (Å²) in [5, 5.41) is 0. The predicted molar refractivity (Wildman–Crippen MR) is 73.7 cm³/mol. The van der Waals surface area contributed by atoms with Gasteiger partial charge in [0.2, 0.25) is 0 Å². The lowest BCUT2D eigenvalue weighted by Crippen LogP contribution is -2.61. The molecule has 1 heterocycles. The third-order valence-corrected chi connectivity index (χ3v) is 7.61. The van der Waals surface area contributed by atoms with Crippen LogP contribution in [-0.2, 0) is 8.53 Å². The molecule has 2 aromatic carbocycles. The van der Waals surface area contributed by atoms with Gasteiger partial charge in [-0.05, 0) is 31.2 Å². The second-order valence-electron chi connectivity index (χ2n) is 4.96. The predicted octanol–water partition coefficient (Wildman–Crippen LogP) is 0.433. The van der Waals surface area contributed by atoms with Crippen molar-refractivity contribution in [3.8, 4) is 11.5 Å². The first kappa shape index (κ1) is 16.3. The van der Waals surface area contributed by atoms with Crippen molar-refractivity contribution in [2.24, 2.45) is 0 Å². The number of benzene rings is 2. The van der Waals surface area contributed by atoms with E-state index in [0.29, 0.717) is 21.3 Å². The van der Waals surface area contributed by atoms with Gasteiger partial charge in [0.05, 0.1) is 36.1 Å². The third-order valence-electron chi connectivity index (χ3n) is 3.22. The fraction of sp³-hybridized carbons (Fsp3) is 0.133. The van der Waals surface area contributed by atoms with Crippen LogP contribution in [0.3, 0.4) is 0 Å². The number of carbonyl (C=O) groups excluding carboxylic acids is 1. The molecule has 3 rings (SSSR count). The minimum Gasteiger partial charge on any atom is -0.455 e. The Morgan fingerprint density at radius 1 is 1.04 bits per heavy atom. The molecule has 122 valence electrons. The quantitative estimate of drug-likeness (QED) is 0.786. The van der Waals surface area contributed by atoms with Crippen molar-refractivity contribution >= 4 is 16.1 Å². The first-order valence-electron chi connectivity index (χ1n) is 6.60. The lowest BCUT2D eigenvalue weighted by molar-refractivity contribution is -1.91. The number of ketones is 1. The number of hydrogen-bond acceptors (Lipinski definition) is 6. The van der Waals surface area contributed by atoms with E-state index in [-0.39, 0.29) is 11.5 Å². The standard InChI is InChI=1S/C15H13ClO6S/c1-11(17)10-23(22-16(18,19)20)14-8-4-2-6-12(14)21-13-7-3-5-9-15(13)23/h2-9H,10H2,1H3. The summed E-state index contributed by atoms with van der Waals surface area (Å²) in [5.74, 6) is 0.242. The average Bonchev–Trinajstić information content (AvgIpc) is 2.45.